The Hall–Kier alpha value is -3.60. The highest BCUT2D eigenvalue weighted by atomic mass is 16.5. The number of ether oxygens (including phenoxy) is 2. The van der Waals surface area contributed by atoms with Crippen LogP contribution in [0.4, 0.5) is 5.69 Å². The maximum Gasteiger partial charge on any atom is 0.338 e. The minimum Gasteiger partial charge on any atom is -0.484 e. The zero-order valence-electron chi connectivity index (χ0n) is 15.6. The predicted octanol–water partition coefficient (Wildman–Crippen LogP) is 4.55. The van der Waals surface area contributed by atoms with Gasteiger partial charge in [0.15, 0.2) is 6.61 Å². The van der Waals surface area contributed by atoms with Gasteiger partial charge in [0, 0.05) is 11.3 Å². The van der Waals surface area contributed by atoms with Gasteiger partial charge in [0.05, 0.1) is 12.2 Å². The summed E-state index contributed by atoms with van der Waals surface area (Å²) in [5.74, 6) is -0.151. The molecule has 3 aromatic carbocycles. The van der Waals surface area contributed by atoms with Crippen molar-refractivity contribution in [1.82, 2.24) is 0 Å². The van der Waals surface area contributed by atoms with Crippen LogP contribution in [0.1, 0.15) is 17.3 Å². The Morgan fingerprint density at radius 3 is 2.25 bits per heavy atom. The molecule has 0 atom stereocenters. The van der Waals surface area contributed by atoms with Crippen LogP contribution in [0.3, 0.4) is 0 Å². The summed E-state index contributed by atoms with van der Waals surface area (Å²) in [4.78, 5) is 24.0. The lowest BCUT2D eigenvalue weighted by atomic mass is 10.0. The number of para-hydroxylation sites is 1. The van der Waals surface area contributed by atoms with Gasteiger partial charge >= 0.3 is 5.97 Å². The zero-order valence-corrected chi connectivity index (χ0v) is 15.6. The maximum atomic E-state index is 12.3. The third-order valence-electron chi connectivity index (χ3n) is 4.02. The lowest BCUT2D eigenvalue weighted by molar-refractivity contribution is -0.118. The van der Waals surface area contributed by atoms with Gasteiger partial charge in [-0.1, -0.05) is 48.5 Å². The van der Waals surface area contributed by atoms with Crippen LogP contribution < -0.4 is 10.1 Å². The smallest absolute Gasteiger partial charge is 0.338 e. The van der Waals surface area contributed by atoms with Crippen LogP contribution in [0.2, 0.25) is 0 Å². The van der Waals surface area contributed by atoms with Crippen LogP contribution in [0.25, 0.3) is 11.1 Å². The number of anilines is 1. The minimum absolute atomic E-state index is 0.137. The number of rotatable bonds is 7. The first-order valence-corrected chi connectivity index (χ1v) is 9.01. The van der Waals surface area contributed by atoms with Crippen LogP contribution in [-0.2, 0) is 9.53 Å². The number of hydrogen-bond acceptors (Lipinski definition) is 4. The van der Waals surface area contributed by atoms with Crippen molar-refractivity contribution in [2.45, 2.75) is 6.92 Å². The highest BCUT2D eigenvalue weighted by Gasteiger charge is 2.10. The number of nitrogens with one attached hydrogen (secondary N) is 1. The van der Waals surface area contributed by atoms with Crippen molar-refractivity contribution < 1.29 is 19.1 Å². The zero-order chi connectivity index (χ0) is 19.8. The predicted molar refractivity (Wildman–Crippen MR) is 108 cm³/mol. The third-order valence-corrected chi connectivity index (χ3v) is 4.02. The van der Waals surface area contributed by atoms with Gasteiger partial charge in [0.25, 0.3) is 5.91 Å². The molecule has 1 N–H and O–H groups in total. The molecule has 5 heteroatoms. The normalized spacial score (nSPS) is 10.2. The largest absolute Gasteiger partial charge is 0.484 e. The molecule has 0 unspecified atom stereocenters. The molecule has 28 heavy (non-hydrogen) atoms. The highest BCUT2D eigenvalue weighted by Crippen LogP contribution is 2.27. The molecule has 5 nitrogen and oxygen atoms in total. The molecule has 0 spiro atoms. The molecular formula is C23H21NO4. The minimum atomic E-state index is -0.385. The van der Waals surface area contributed by atoms with E-state index in [1.165, 1.54) is 0 Å². The summed E-state index contributed by atoms with van der Waals surface area (Å²) >= 11 is 0. The summed E-state index contributed by atoms with van der Waals surface area (Å²) in [7, 11) is 0. The SMILES string of the molecule is CCOC(=O)c1ccc(OCC(=O)Nc2ccccc2-c2ccccc2)cc1. The molecule has 0 aliphatic heterocycles. The van der Waals surface area contributed by atoms with Gasteiger partial charge in [-0.05, 0) is 42.8 Å². The summed E-state index contributed by atoms with van der Waals surface area (Å²) < 4.78 is 10.5. The number of esters is 1. The molecular weight excluding hydrogens is 354 g/mol. The average Bonchev–Trinajstić information content (AvgIpc) is 2.74. The first-order valence-electron chi connectivity index (χ1n) is 9.01. The Balaban J connectivity index is 1.60. The Morgan fingerprint density at radius 1 is 0.857 bits per heavy atom. The second-order valence-electron chi connectivity index (χ2n) is 5.99. The molecule has 142 valence electrons. The first kappa shape index (κ1) is 19.2. The molecule has 3 aromatic rings. The molecule has 0 saturated heterocycles. The summed E-state index contributed by atoms with van der Waals surface area (Å²) in [5, 5.41) is 2.89. The molecule has 3 rings (SSSR count). The number of hydrogen-bond donors (Lipinski definition) is 1. The van der Waals surface area contributed by atoms with Gasteiger partial charge in [0.1, 0.15) is 5.75 Å². The quantitative estimate of drug-likeness (QED) is 0.616. The van der Waals surface area contributed by atoms with Crippen molar-refractivity contribution in [2.24, 2.45) is 0 Å². The van der Waals surface area contributed by atoms with E-state index < -0.39 is 0 Å². The summed E-state index contributed by atoms with van der Waals surface area (Å²) in [6, 6.07) is 23.9. The van der Waals surface area contributed by atoms with Crippen LogP contribution in [-0.4, -0.2) is 25.1 Å². The van der Waals surface area contributed by atoms with Gasteiger partial charge in [-0.3, -0.25) is 4.79 Å². The molecule has 1 amide bonds. The van der Waals surface area contributed by atoms with Crippen LogP contribution in [0.15, 0.2) is 78.9 Å². The van der Waals surface area contributed by atoms with E-state index in [9.17, 15) is 9.59 Å². The van der Waals surface area contributed by atoms with E-state index in [1.807, 2.05) is 54.6 Å². The second-order valence-corrected chi connectivity index (χ2v) is 5.99. The molecule has 0 bridgehead atoms. The average molecular weight is 375 g/mol. The van der Waals surface area contributed by atoms with E-state index in [0.29, 0.717) is 17.9 Å². The number of carbonyl (C=O) groups excluding carboxylic acids is 2. The van der Waals surface area contributed by atoms with E-state index >= 15 is 0 Å². The fourth-order valence-corrected chi connectivity index (χ4v) is 2.70. The summed E-state index contributed by atoms with van der Waals surface area (Å²) in [5.41, 5.74) is 3.12. The topological polar surface area (TPSA) is 64.6 Å². The van der Waals surface area contributed by atoms with E-state index in [0.717, 1.165) is 16.8 Å². The fraction of sp³-hybridized carbons (Fsp3) is 0.130. The van der Waals surface area contributed by atoms with Crippen molar-refractivity contribution in [2.75, 3.05) is 18.5 Å². The van der Waals surface area contributed by atoms with Gasteiger partial charge in [-0.25, -0.2) is 4.79 Å². The van der Waals surface area contributed by atoms with Gasteiger partial charge in [0.2, 0.25) is 0 Å². The van der Waals surface area contributed by atoms with Crippen molar-refractivity contribution in [1.29, 1.82) is 0 Å². The van der Waals surface area contributed by atoms with E-state index in [2.05, 4.69) is 5.32 Å². The molecule has 0 aliphatic rings. The molecule has 0 aromatic heterocycles. The number of amides is 1. The fourth-order valence-electron chi connectivity index (χ4n) is 2.70. The van der Waals surface area contributed by atoms with E-state index in [-0.39, 0.29) is 18.5 Å². The Kier molecular flexibility index (Phi) is 6.41. The lowest BCUT2D eigenvalue weighted by Crippen LogP contribution is -2.20. The van der Waals surface area contributed by atoms with E-state index in [1.54, 1.807) is 31.2 Å². The molecule has 0 aliphatic carbocycles. The molecule has 0 heterocycles. The molecule has 0 radical (unpaired) electrons. The Labute approximate surface area is 163 Å². The standard InChI is InChI=1S/C23H21NO4/c1-2-27-23(26)18-12-14-19(15-13-18)28-16-22(25)24-21-11-7-6-10-20(21)17-8-4-3-5-9-17/h3-15H,2,16H2,1H3,(H,24,25). The second kappa shape index (κ2) is 9.37. The summed E-state index contributed by atoms with van der Waals surface area (Å²) in [6.45, 7) is 1.94. The van der Waals surface area contributed by atoms with Crippen LogP contribution in [0, 0.1) is 0 Å². The van der Waals surface area contributed by atoms with Crippen molar-refractivity contribution in [3.63, 3.8) is 0 Å². The van der Waals surface area contributed by atoms with Crippen LogP contribution in [0.5, 0.6) is 5.75 Å². The maximum absolute atomic E-state index is 12.3. The number of benzene rings is 3. The lowest BCUT2D eigenvalue weighted by Gasteiger charge is -2.12. The van der Waals surface area contributed by atoms with E-state index in [4.69, 9.17) is 9.47 Å². The third kappa shape index (κ3) is 4.98. The van der Waals surface area contributed by atoms with Gasteiger partial charge in [-0.15, -0.1) is 0 Å². The molecule has 0 fully saturated rings. The number of carbonyl (C=O) groups is 2. The monoisotopic (exact) mass is 375 g/mol. The van der Waals surface area contributed by atoms with Crippen molar-refractivity contribution in [3.8, 4) is 16.9 Å². The first-order chi connectivity index (χ1) is 13.7. The highest BCUT2D eigenvalue weighted by molar-refractivity contribution is 5.96. The van der Waals surface area contributed by atoms with Gasteiger partial charge in [-0.2, -0.15) is 0 Å². The van der Waals surface area contributed by atoms with Crippen molar-refractivity contribution in [3.05, 3.63) is 84.4 Å². The summed E-state index contributed by atoms with van der Waals surface area (Å²) in [6.07, 6.45) is 0. The Bertz CT molecular complexity index is 936. The van der Waals surface area contributed by atoms with Crippen LogP contribution >= 0.6 is 0 Å². The molecule has 0 saturated carbocycles. The Morgan fingerprint density at radius 2 is 1.54 bits per heavy atom. The van der Waals surface area contributed by atoms with Gasteiger partial charge < -0.3 is 14.8 Å². The van der Waals surface area contributed by atoms with Crippen molar-refractivity contribution >= 4 is 17.6 Å².